The van der Waals surface area contributed by atoms with Crippen LogP contribution in [0.15, 0.2) is 64.1 Å². The summed E-state index contributed by atoms with van der Waals surface area (Å²) in [5, 5.41) is 3.34. The summed E-state index contributed by atoms with van der Waals surface area (Å²) in [4.78, 5) is 10.5. The van der Waals surface area contributed by atoms with Gasteiger partial charge in [0.1, 0.15) is 5.82 Å². The van der Waals surface area contributed by atoms with E-state index in [0.29, 0.717) is 37.3 Å². The second-order valence-corrected chi connectivity index (χ2v) is 10.7. The smallest absolute Gasteiger partial charge is 0.378 e. The van der Waals surface area contributed by atoms with Crippen molar-refractivity contribution in [3.63, 3.8) is 0 Å². The minimum atomic E-state index is -4.66. The van der Waals surface area contributed by atoms with E-state index in [1.54, 1.807) is 36.6 Å². The standard InChI is InChI=1S/C23H22F3N5O3S2/c1-35-22-27-13-18(23(24,25)26)20(29-22)17-14-31(36(32,33)15-5-3-2-4-6-15)21-16(17)7-8-19(28-21)30-9-11-34-12-10-30/h2-8,14H,9-13H2,1H3,(H,27,29). The molecule has 0 saturated carbocycles. The second kappa shape index (κ2) is 9.45. The Morgan fingerprint density at radius 2 is 1.81 bits per heavy atom. The van der Waals surface area contributed by atoms with Gasteiger partial charge < -0.3 is 15.0 Å². The number of ether oxygens (including phenoxy) is 1. The molecule has 0 unspecified atom stereocenters. The van der Waals surface area contributed by atoms with Crippen LogP contribution in [-0.2, 0) is 14.8 Å². The number of rotatable bonds is 4. The van der Waals surface area contributed by atoms with Gasteiger partial charge in [-0.25, -0.2) is 17.4 Å². The first-order valence-electron chi connectivity index (χ1n) is 11.0. The number of benzene rings is 1. The van der Waals surface area contributed by atoms with Gasteiger partial charge in [0.05, 0.1) is 35.9 Å². The number of morpholine rings is 1. The minimum Gasteiger partial charge on any atom is -0.378 e. The summed E-state index contributed by atoms with van der Waals surface area (Å²) >= 11 is 1.17. The fourth-order valence-electron chi connectivity index (χ4n) is 4.15. The van der Waals surface area contributed by atoms with Crippen LogP contribution in [0.4, 0.5) is 19.0 Å². The third-order valence-electron chi connectivity index (χ3n) is 5.96. The van der Waals surface area contributed by atoms with Crippen molar-refractivity contribution in [3.05, 3.63) is 59.8 Å². The van der Waals surface area contributed by atoms with E-state index >= 15 is 0 Å². The van der Waals surface area contributed by atoms with E-state index in [2.05, 4.69) is 15.3 Å². The van der Waals surface area contributed by atoms with Gasteiger partial charge in [-0.3, -0.25) is 4.99 Å². The molecule has 3 aromatic rings. The maximum absolute atomic E-state index is 14.0. The van der Waals surface area contributed by atoms with Gasteiger partial charge >= 0.3 is 6.18 Å². The molecule has 13 heteroatoms. The van der Waals surface area contributed by atoms with Crippen LogP contribution < -0.4 is 10.2 Å². The van der Waals surface area contributed by atoms with Crippen LogP contribution in [0.5, 0.6) is 0 Å². The van der Waals surface area contributed by atoms with E-state index in [1.807, 2.05) is 4.90 Å². The number of pyridine rings is 1. The highest BCUT2D eigenvalue weighted by molar-refractivity contribution is 8.13. The zero-order valence-corrected chi connectivity index (χ0v) is 20.8. The van der Waals surface area contributed by atoms with Crippen LogP contribution >= 0.6 is 11.8 Å². The molecular weight excluding hydrogens is 515 g/mol. The van der Waals surface area contributed by atoms with Crippen molar-refractivity contribution in [1.29, 1.82) is 0 Å². The molecular formula is C23H22F3N5O3S2. The molecule has 190 valence electrons. The Morgan fingerprint density at radius 1 is 1.08 bits per heavy atom. The van der Waals surface area contributed by atoms with Gasteiger partial charge in [-0.1, -0.05) is 30.0 Å². The van der Waals surface area contributed by atoms with Gasteiger partial charge in [0.2, 0.25) is 0 Å². The van der Waals surface area contributed by atoms with Crippen LogP contribution in [0.25, 0.3) is 16.7 Å². The van der Waals surface area contributed by atoms with Crippen molar-refractivity contribution >= 4 is 49.5 Å². The van der Waals surface area contributed by atoms with Crippen LogP contribution in [0.1, 0.15) is 5.56 Å². The highest BCUT2D eigenvalue weighted by Gasteiger charge is 2.39. The average molecular weight is 538 g/mol. The predicted molar refractivity (Wildman–Crippen MR) is 134 cm³/mol. The fourth-order valence-corrected chi connectivity index (χ4v) is 5.89. The maximum atomic E-state index is 14.0. The quantitative estimate of drug-likeness (QED) is 0.543. The number of thioether (sulfide) groups is 1. The normalized spacial score (nSPS) is 17.3. The largest absolute Gasteiger partial charge is 0.416 e. The van der Waals surface area contributed by atoms with Crippen molar-refractivity contribution in [2.24, 2.45) is 4.99 Å². The summed E-state index contributed by atoms with van der Waals surface area (Å²) < 4.78 is 75.6. The number of alkyl halides is 3. The number of aromatic nitrogens is 2. The lowest BCUT2D eigenvalue weighted by atomic mass is 10.0. The Kier molecular flexibility index (Phi) is 6.47. The summed E-state index contributed by atoms with van der Waals surface area (Å²) in [5.41, 5.74) is -0.982. The van der Waals surface area contributed by atoms with Crippen molar-refractivity contribution in [2.75, 3.05) is 44.0 Å². The van der Waals surface area contributed by atoms with Gasteiger partial charge in [0.25, 0.3) is 10.0 Å². The number of aliphatic imine (C=N–C) groups is 1. The Labute approximate surface area is 209 Å². The van der Waals surface area contributed by atoms with Crippen molar-refractivity contribution in [2.45, 2.75) is 11.1 Å². The summed E-state index contributed by atoms with van der Waals surface area (Å²) in [6, 6.07) is 11.0. The van der Waals surface area contributed by atoms with E-state index < -0.39 is 28.3 Å². The number of anilines is 1. The van der Waals surface area contributed by atoms with Gasteiger partial charge in [-0.05, 0) is 30.5 Å². The van der Waals surface area contributed by atoms with Crippen LogP contribution in [0.3, 0.4) is 0 Å². The molecule has 5 rings (SSSR count). The molecule has 0 aliphatic carbocycles. The molecule has 1 N–H and O–H groups in total. The Hall–Kier alpha value is -3.03. The molecule has 1 aromatic carbocycles. The lowest BCUT2D eigenvalue weighted by Crippen LogP contribution is -2.36. The van der Waals surface area contributed by atoms with E-state index in [9.17, 15) is 21.6 Å². The molecule has 0 amide bonds. The van der Waals surface area contributed by atoms with E-state index in [4.69, 9.17) is 4.74 Å². The molecule has 0 radical (unpaired) electrons. The average Bonchev–Trinajstić information content (AvgIpc) is 3.28. The van der Waals surface area contributed by atoms with Gasteiger partial charge in [-0.2, -0.15) is 13.2 Å². The lowest BCUT2D eigenvalue weighted by Gasteiger charge is -2.27. The SMILES string of the molecule is CSC1=NCC(C(F)(F)F)=C(c2cn(S(=O)(=O)c3ccccc3)c3nc(N4CCOCC4)ccc23)N1. The third kappa shape index (κ3) is 4.46. The predicted octanol–water partition coefficient (Wildman–Crippen LogP) is 3.71. The first kappa shape index (κ1) is 24.7. The second-order valence-electron chi connectivity index (χ2n) is 8.10. The molecule has 1 saturated heterocycles. The van der Waals surface area contributed by atoms with Crippen LogP contribution in [-0.4, -0.2) is 67.8 Å². The monoisotopic (exact) mass is 537 g/mol. The number of halogens is 3. The highest BCUT2D eigenvalue weighted by atomic mass is 32.2. The first-order chi connectivity index (χ1) is 17.2. The van der Waals surface area contributed by atoms with E-state index in [0.717, 1.165) is 3.97 Å². The molecule has 0 bridgehead atoms. The van der Waals surface area contributed by atoms with Crippen molar-refractivity contribution in [1.82, 2.24) is 14.3 Å². The fraction of sp³-hybridized carbons (Fsp3) is 0.304. The van der Waals surface area contributed by atoms with Crippen molar-refractivity contribution in [3.8, 4) is 0 Å². The van der Waals surface area contributed by atoms with Gasteiger partial charge in [0.15, 0.2) is 10.8 Å². The lowest BCUT2D eigenvalue weighted by molar-refractivity contribution is -0.0918. The highest BCUT2D eigenvalue weighted by Crippen LogP contribution is 2.38. The van der Waals surface area contributed by atoms with Crippen LogP contribution in [0, 0.1) is 0 Å². The van der Waals surface area contributed by atoms with Crippen LogP contribution in [0.2, 0.25) is 0 Å². The number of fused-ring (bicyclic) bond motifs is 1. The number of hydrogen-bond donors (Lipinski definition) is 1. The third-order valence-corrected chi connectivity index (χ3v) is 8.24. The Balaban J connectivity index is 1.76. The maximum Gasteiger partial charge on any atom is 0.416 e. The molecule has 2 aliphatic heterocycles. The molecule has 8 nitrogen and oxygen atoms in total. The summed E-state index contributed by atoms with van der Waals surface area (Å²) in [5.74, 6) is 0.521. The Bertz CT molecular complexity index is 1460. The van der Waals surface area contributed by atoms with Crippen molar-refractivity contribution < 1.29 is 26.3 Å². The molecule has 2 aromatic heterocycles. The summed E-state index contributed by atoms with van der Waals surface area (Å²) in [6.07, 6.45) is -1.76. The van der Waals surface area contributed by atoms with E-state index in [1.165, 1.54) is 30.1 Å². The topological polar surface area (TPSA) is 88.8 Å². The zero-order chi connectivity index (χ0) is 25.5. The number of nitrogens with zero attached hydrogens (tertiary/aromatic N) is 4. The number of hydrogen-bond acceptors (Lipinski definition) is 8. The first-order valence-corrected chi connectivity index (χ1v) is 13.7. The molecule has 36 heavy (non-hydrogen) atoms. The summed E-state index contributed by atoms with van der Waals surface area (Å²) in [6.45, 7) is 1.55. The van der Waals surface area contributed by atoms with Gasteiger partial charge in [0, 0.05) is 30.2 Å². The van der Waals surface area contributed by atoms with Gasteiger partial charge in [-0.15, -0.1) is 0 Å². The Morgan fingerprint density at radius 3 is 2.47 bits per heavy atom. The molecule has 0 spiro atoms. The van der Waals surface area contributed by atoms with E-state index in [-0.39, 0.29) is 27.2 Å². The number of amidine groups is 1. The minimum absolute atomic E-state index is 0.0000173. The molecule has 2 aliphatic rings. The summed E-state index contributed by atoms with van der Waals surface area (Å²) in [7, 11) is -4.16. The zero-order valence-electron chi connectivity index (χ0n) is 19.1. The molecule has 4 heterocycles. The molecule has 0 atom stereocenters. The molecule has 1 fully saturated rings. The number of nitrogens with one attached hydrogen (secondary N) is 1.